The van der Waals surface area contributed by atoms with Crippen molar-refractivity contribution >= 4 is 22.7 Å². The number of aliphatic hydroxyl groups excluding tert-OH is 2. The van der Waals surface area contributed by atoms with Crippen LogP contribution in [0.15, 0.2) is 126 Å². The molecule has 13 heteroatoms. The lowest BCUT2D eigenvalue weighted by Gasteiger charge is -2.69. The van der Waals surface area contributed by atoms with Gasteiger partial charge in [0.25, 0.3) is 0 Å². The van der Waals surface area contributed by atoms with E-state index in [0.29, 0.717) is 61.5 Å². The van der Waals surface area contributed by atoms with E-state index in [1.807, 2.05) is 30.3 Å². The summed E-state index contributed by atoms with van der Waals surface area (Å²) in [6, 6.07) is 27.3. The Kier molecular flexibility index (Phi) is 16.0. The van der Waals surface area contributed by atoms with Crippen molar-refractivity contribution in [2.45, 2.75) is 190 Å². The van der Waals surface area contributed by atoms with Crippen molar-refractivity contribution in [3.63, 3.8) is 0 Å². The van der Waals surface area contributed by atoms with Crippen LogP contribution in [-0.4, -0.2) is 92.7 Å². The maximum absolute atomic E-state index is 13.0. The minimum Gasteiger partial charge on any atom is -0.508 e. The number of rotatable bonds is 11. The highest BCUT2D eigenvalue weighted by Gasteiger charge is 2.69. The number of fused-ring (bicyclic) bond motifs is 7. The van der Waals surface area contributed by atoms with Gasteiger partial charge in [-0.3, -0.25) is 5.32 Å². The largest absolute Gasteiger partial charge is 0.508 e. The van der Waals surface area contributed by atoms with E-state index in [4.69, 9.17) is 18.9 Å². The summed E-state index contributed by atoms with van der Waals surface area (Å²) in [6.07, 6.45) is 28.0. The summed E-state index contributed by atoms with van der Waals surface area (Å²) in [5, 5.41) is 72.2. The minimum absolute atomic E-state index is 0.00630. The molecule has 8 aliphatic heterocycles. The Morgan fingerprint density at radius 1 is 0.814 bits per heavy atom. The van der Waals surface area contributed by atoms with Crippen LogP contribution in [0.4, 0.5) is 0 Å². The molecule has 2 saturated carbocycles. The van der Waals surface area contributed by atoms with E-state index in [1.165, 1.54) is 59.9 Å². The van der Waals surface area contributed by atoms with E-state index < -0.39 is 12.2 Å². The quantitative estimate of drug-likeness (QED) is 0.0350. The number of piperidine rings is 1. The molecule has 14 aliphatic rings. The van der Waals surface area contributed by atoms with Gasteiger partial charge in [0.05, 0.1) is 31.0 Å². The smallest absolute Gasteiger partial charge is 0.168 e. The first kappa shape index (κ1) is 62.2. The SMILES string of the molecule is CCCNCC1=C[C@H]2CC[C@@H](CCc3ccc(O)c(Cc4cccc(O)c4)c3)C#CC3=C4C[C@@H]5CCCO[C@@H]5NC4NC4=C3[C@@H]1O[C@@H]2C[C@H](O)[C@@H]1C=Cc2c(c(CO)cc(O)c2OCc2cc([C@]35c6c7cccc6C[C@@H]6CC[C@@H]8CCCC[C@]8(OC[C@@H]3CC7)[C@@H]65)cc3cn4cc23)C1. The van der Waals surface area contributed by atoms with Gasteiger partial charge in [-0.1, -0.05) is 98.4 Å². The van der Waals surface area contributed by atoms with Gasteiger partial charge < -0.3 is 59.7 Å². The number of phenols is 3. The molecule has 20 rings (SSSR count). The van der Waals surface area contributed by atoms with Crippen LogP contribution >= 0.6 is 0 Å². The third-order valence-electron chi connectivity index (χ3n) is 25.9. The van der Waals surface area contributed by atoms with Crippen LogP contribution in [0.25, 0.3) is 22.7 Å². The van der Waals surface area contributed by atoms with Crippen molar-refractivity contribution in [3.05, 3.63) is 187 Å². The Labute approximate surface area is 570 Å². The molecular formula is C84H94N4O9. The highest BCUT2D eigenvalue weighted by molar-refractivity contribution is 5.89. The summed E-state index contributed by atoms with van der Waals surface area (Å²) in [6.45, 7) is 5.09. The zero-order valence-electron chi connectivity index (χ0n) is 56.1. The molecular weight excluding hydrogens is 1210 g/mol. The molecule has 5 fully saturated rings. The summed E-state index contributed by atoms with van der Waals surface area (Å²) in [4.78, 5) is 0. The number of aromatic hydroxyl groups is 3. The second-order valence-corrected chi connectivity index (χ2v) is 31.2. The lowest BCUT2D eigenvalue weighted by molar-refractivity contribution is -0.247. The Bertz CT molecular complexity index is 4320. The predicted molar refractivity (Wildman–Crippen MR) is 375 cm³/mol. The molecule has 6 aromatic rings. The summed E-state index contributed by atoms with van der Waals surface area (Å²) in [7, 11) is 0. The van der Waals surface area contributed by atoms with Gasteiger partial charge in [-0.15, -0.1) is 0 Å². The third kappa shape index (κ3) is 10.5. The molecule has 13 nitrogen and oxygen atoms in total. The maximum Gasteiger partial charge on any atom is 0.168 e. The first-order chi connectivity index (χ1) is 47.5. The van der Waals surface area contributed by atoms with Crippen molar-refractivity contribution in [3.8, 4) is 34.8 Å². The standard InChI is InChI=1S/C84H94N4O9/c1-2-29-85-42-58-34-53-19-16-48(14-15-49-18-27-71(91)57(31-49)32-50-8-5-13-65(90)33-50)17-25-66-69-39-56-11-7-30-94-82(56)87-80(69)86-81-75(66)77(58)97-74(53)41-72(92)52-22-26-67-68(38-52)60(45-89)40-73(93)78(67)95-46-61-37-64(36-59-43-88(81)44-70(59)61)84-63-24-20-51-9-6-10-54(76(51)84)35-55-21-23-62-12-3-4-28-83(62,79(55)84)96-47-63/h5-6,8-10,13,18,22,26-27,31,33-34,36-37,40,43-44,48,52-53,55-56,62-63,72,74,77,79-80,82,85-87,89-93H,2-4,7,11-12,14-16,19-21,23-24,28-30,32,35,38-39,41-42,45-47H2,1H3/t48-,52-,53-,55+,56+,62+,63+,72+,74-,77-,79-,80?,82+,83-,84+/m1/s1. The highest BCUT2D eigenvalue weighted by Crippen LogP contribution is 2.69. The molecule has 15 atom stereocenters. The fourth-order valence-electron chi connectivity index (χ4n) is 21.5. The Morgan fingerprint density at radius 2 is 1.73 bits per heavy atom. The minimum atomic E-state index is -0.805. The van der Waals surface area contributed by atoms with Gasteiger partial charge in [-0.2, -0.15) is 0 Å². The van der Waals surface area contributed by atoms with Crippen LogP contribution in [0, 0.1) is 59.2 Å². The molecule has 5 aromatic carbocycles. The fourth-order valence-corrected chi connectivity index (χ4v) is 21.5. The molecule has 1 aromatic heterocycles. The van der Waals surface area contributed by atoms with Crippen LogP contribution in [0.3, 0.4) is 0 Å². The summed E-state index contributed by atoms with van der Waals surface area (Å²) < 4.78 is 31.9. The Morgan fingerprint density at radius 3 is 2.64 bits per heavy atom. The van der Waals surface area contributed by atoms with E-state index in [0.717, 1.165) is 151 Å². The van der Waals surface area contributed by atoms with Crippen LogP contribution < -0.4 is 20.7 Å². The average Bonchev–Trinajstić information content (AvgIpc) is 0.942. The van der Waals surface area contributed by atoms with Gasteiger partial charge >= 0.3 is 0 Å². The van der Waals surface area contributed by atoms with Gasteiger partial charge in [0.1, 0.15) is 42.4 Å². The number of ether oxygens (including phenoxy) is 4. The van der Waals surface area contributed by atoms with Crippen molar-refractivity contribution < 1.29 is 44.5 Å². The molecule has 1 spiro atoms. The number of phenolic OH excluding ortho intramolecular Hbond substituents is 3. The van der Waals surface area contributed by atoms with Gasteiger partial charge in [0, 0.05) is 101 Å². The Hall–Kier alpha value is -7.12. The number of dihydropyridines is 1. The van der Waals surface area contributed by atoms with E-state index in [1.54, 1.807) is 23.8 Å². The zero-order valence-corrected chi connectivity index (χ0v) is 56.1. The molecule has 1 unspecified atom stereocenters. The second-order valence-electron chi connectivity index (χ2n) is 31.2. The molecule has 97 heavy (non-hydrogen) atoms. The number of nitrogens with zero attached hydrogens (tertiary/aromatic N) is 1. The molecule has 0 amide bonds. The first-order valence-corrected chi connectivity index (χ1v) is 37.2. The number of benzene rings is 5. The fraction of sp³-hybridized carbons (Fsp3) is 0.500. The molecule has 8 N–H and O–H groups in total. The van der Waals surface area contributed by atoms with E-state index in [2.05, 4.69) is 100 Å². The van der Waals surface area contributed by atoms with Crippen LogP contribution in [-0.2, 0) is 64.9 Å². The molecule has 504 valence electrons. The number of aliphatic hydroxyl groups is 2. The van der Waals surface area contributed by atoms with E-state index >= 15 is 0 Å². The van der Waals surface area contributed by atoms with E-state index in [9.17, 15) is 25.5 Å². The van der Waals surface area contributed by atoms with Crippen LogP contribution in [0.1, 0.15) is 164 Å². The van der Waals surface area contributed by atoms with Crippen molar-refractivity contribution in [2.24, 2.45) is 47.3 Å². The van der Waals surface area contributed by atoms with Gasteiger partial charge in [-0.05, 0) is 224 Å². The lowest BCUT2D eigenvalue weighted by Crippen LogP contribution is -2.70. The molecule has 3 saturated heterocycles. The topological polar surface area (TPSA) is 179 Å². The van der Waals surface area contributed by atoms with E-state index in [-0.39, 0.29) is 89.6 Å². The first-order valence-electron chi connectivity index (χ1n) is 37.2. The van der Waals surface area contributed by atoms with Crippen molar-refractivity contribution in [2.75, 3.05) is 26.3 Å². The summed E-state index contributed by atoms with van der Waals surface area (Å²) in [5.74, 6) is 11.4. The van der Waals surface area contributed by atoms with Gasteiger partial charge in [-0.25, -0.2) is 0 Å². The molecule has 6 aliphatic carbocycles. The molecule has 10 bridgehead atoms. The number of aromatic nitrogens is 1. The number of hydrogen-bond acceptors (Lipinski definition) is 12. The van der Waals surface area contributed by atoms with Crippen molar-refractivity contribution in [1.82, 2.24) is 20.5 Å². The second kappa shape index (κ2) is 24.9. The lowest BCUT2D eigenvalue weighted by atomic mass is 9.39. The zero-order chi connectivity index (χ0) is 65.3. The van der Waals surface area contributed by atoms with Gasteiger partial charge in [0.15, 0.2) is 11.5 Å². The maximum atomic E-state index is 13.0. The van der Waals surface area contributed by atoms with Crippen LogP contribution in [0.5, 0.6) is 23.0 Å². The number of hydrogen-bond donors (Lipinski definition) is 8. The molecule has 0 radical (unpaired) electrons. The molecule has 9 heterocycles. The number of aryl methyl sites for hydroxylation is 2. The number of nitrogens with one attached hydrogen (secondary N) is 3. The third-order valence-corrected chi connectivity index (χ3v) is 25.9. The van der Waals surface area contributed by atoms with Crippen molar-refractivity contribution in [1.29, 1.82) is 0 Å². The predicted octanol–water partition coefficient (Wildman–Crippen LogP) is 13.3. The Balaban J connectivity index is 0.856. The average molecular weight is 1300 g/mol. The summed E-state index contributed by atoms with van der Waals surface area (Å²) in [5.41, 5.74) is 16.1. The monoisotopic (exact) mass is 1300 g/mol. The normalized spacial score (nSPS) is 32.7. The highest BCUT2D eigenvalue weighted by atomic mass is 16.5. The van der Waals surface area contributed by atoms with Gasteiger partial charge in [0.2, 0.25) is 0 Å². The summed E-state index contributed by atoms with van der Waals surface area (Å²) >= 11 is 0. The van der Waals surface area contributed by atoms with Crippen LogP contribution in [0.2, 0.25) is 0 Å².